The van der Waals surface area contributed by atoms with E-state index in [9.17, 15) is 0 Å². The van der Waals surface area contributed by atoms with Gasteiger partial charge in [-0.2, -0.15) is 0 Å². The van der Waals surface area contributed by atoms with Gasteiger partial charge in [0.1, 0.15) is 0 Å². The first-order chi connectivity index (χ1) is 3.35. The first kappa shape index (κ1) is 10.2. The van der Waals surface area contributed by atoms with Crippen LogP contribution in [0.4, 0.5) is 0 Å². The number of rotatable bonds is 3. The predicted molar refractivity (Wildman–Crippen MR) is 30.7 cm³/mol. The molecule has 0 N–H and O–H groups in total. The number of hydrogen-bond donors (Lipinski definition) is 3. The third kappa shape index (κ3) is 5.67. The van der Waals surface area contributed by atoms with E-state index in [0.717, 1.165) is -0.0619 Å². The van der Waals surface area contributed by atoms with Crippen LogP contribution in [0, 0.1) is 0 Å². The normalized spacial score (nSPS) is 12.0. The fraction of sp³-hybridized carbons (Fsp3) is 1.00. The summed E-state index contributed by atoms with van der Waals surface area (Å²) in [7, 11) is 12.7. The Hall–Kier alpha value is 3.24. The fourth-order valence-corrected chi connectivity index (χ4v) is 20.0. The molecule has 0 heterocycles. The van der Waals surface area contributed by atoms with E-state index in [4.69, 9.17) is 0 Å². The van der Waals surface area contributed by atoms with Crippen molar-refractivity contribution in [2.45, 2.75) is -0.0619 Å². The molecular formula is CH4I3S3-3. The summed E-state index contributed by atoms with van der Waals surface area (Å²) in [6.45, 7) is 0. The Balaban J connectivity index is 2.99. The van der Waals surface area contributed by atoms with Crippen molar-refractivity contribution in [3.05, 3.63) is 0 Å². The summed E-state index contributed by atoms with van der Waals surface area (Å²) >= 11 is 0.543. The van der Waals surface area contributed by atoms with E-state index < -0.39 is 0 Å². The first-order valence-electron chi connectivity index (χ1n) is 1.16. The summed E-state index contributed by atoms with van der Waals surface area (Å²) in [4.78, 5) is 0. The van der Waals surface area contributed by atoms with Crippen LogP contribution in [0.25, 0.3) is 0 Å². The summed E-state index contributed by atoms with van der Waals surface area (Å²) in [5, 5.41) is 0. The molecule has 0 saturated heterocycles. The molecule has 0 aromatic heterocycles. The third-order valence-electron chi connectivity index (χ3n) is 0.221. The quantitative estimate of drug-likeness (QED) is 0.195. The Morgan fingerprint density at radius 3 is 1.14 bits per heavy atom. The van der Waals surface area contributed by atoms with Crippen LogP contribution in [0.2, 0.25) is 0 Å². The van der Waals surface area contributed by atoms with Gasteiger partial charge in [-0.1, -0.05) is 0 Å². The van der Waals surface area contributed by atoms with Gasteiger partial charge in [-0.05, 0) is 0 Å². The maximum atomic E-state index is 4.24. The van der Waals surface area contributed by atoms with Crippen molar-refractivity contribution in [3.8, 4) is 0 Å². The van der Waals surface area contributed by atoms with Crippen LogP contribution < -0.4 is 59.5 Å². The van der Waals surface area contributed by atoms with Gasteiger partial charge in [-0.3, -0.25) is 0 Å². The molecule has 0 fully saturated rings. The van der Waals surface area contributed by atoms with Crippen molar-refractivity contribution >= 4 is 29.4 Å². The van der Waals surface area contributed by atoms with Gasteiger partial charge in [0.2, 0.25) is 0 Å². The molecule has 0 radical (unpaired) electrons. The van der Waals surface area contributed by atoms with Gasteiger partial charge in [0.15, 0.2) is 0 Å². The standard InChI is InChI=1S/CH4I3S3/c5-2-1(3-6)4-7/h1,5-7H/q-3. The molecule has 0 unspecified atom stereocenters. The van der Waals surface area contributed by atoms with Crippen molar-refractivity contribution in [3.63, 3.8) is 0 Å². The maximum absolute atomic E-state index is 4.24. The number of hydrogen-bond acceptors (Lipinski definition) is 3. The van der Waals surface area contributed by atoms with E-state index in [1.54, 1.807) is 0 Å². The minimum absolute atomic E-state index is 0.181. The van der Waals surface area contributed by atoms with E-state index in [1.807, 2.05) is 0 Å². The van der Waals surface area contributed by atoms with Crippen molar-refractivity contribution in [1.29, 1.82) is 0 Å². The predicted octanol–water partition coefficient (Wildman–Crippen LogP) is -7.93. The van der Waals surface area contributed by atoms with E-state index in [1.165, 1.54) is 0 Å². The van der Waals surface area contributed by atoms with Crippen molar-refractivity contribution < 1.29 is 59.5 Å². The van der Waals surface area contributed by atoms with Crippen LogP contribution in [-0.4, -0.2) is -0.0619 Å². The van der Waals surface area contributed by atoms with Gasteiger partial charge in [0.25, 0.3) is 0 Å². The zero-order valence-electron chi connectivity index (χ0n) is 3.05. The topological polar surface area (TPSA) is 0 Å². The van der Waals surface area contributed by atoms with Gasteiger partial charge >= 0.3 is 88.8 Å². The average molecular weight is 493 g/mol. The van der Waals surface area contributed by atoms with Crippen molar-refractivity contribution in [2.75, 3.05) is 0 Å². The SMILES string of the molecule is S[I-]C([I-]S)[I-]S. The average Bonchev–Trinajstić information content (AvgIpc) is 1.72. The summed E-state index contributed by atoms with van der Waals surface area (Å²) < 4.78 is 0.909. The zero-order chi connectivity index (χ0) is 5.70. The number of thiol groups is 3. The molecule has 0 atom stereocenters. The molecule has 0 bridgehead atoms. The molecule has 0 saturated carbocycles. The van der Waals surface area contributed by atoms with Gasteiger partial charge < -0.3 is 0 Å². The number of halogens is 3. The Bertz CT molecular complexity index is 31.7. The van der Waals surface area contributed by atoms with Crippen LogP contribution >= 0.6 is 29.4 Å². The molecule has 0 aromatic rings. The molecule has 0 rings (SSSR count). The molecule has 0 amide bonds. The Morgan fingerprint density at radius 2 is 1.14 bits per heavy atom. The molecule has 7 heavy (non-hydrogen) atoms. The van der Waals surface area contributed by atoms with E-state index in [2.05, 4.69) is 29.4 Å². The number of alkyl halides is 3. The van der Waals surface area contributed by atoms with Gasteiger partial charge in [0.05, 0.1) is 0 Å². The van der Waals surface area contributed by atoms with E-state index >= 15 is 0 Å². The molecule has 0 spiro atoms. The Labute approximate surface area is 86.7 Å². The van der Waals surface area contributed by atoms with Crippen LogP contribution in [0.3, 0.4) is 0 Å². The van der Waals surface area contributed by atoms with E-state index in [0.29, 0.717) is 0 Å². The van der Waals surface area contributed by atoms with Crippen LogP contribution in [-0.2, 0) is 0 Å². The van der Waals surface area contributed by atoms with Crippen molar-refractivity contribution in [1.82, 2.24) is 0 Å². The van der Waals surface area contributed by atoms with Gasteiger partial charge in [0, 0.05) is 0 Å². The van der Waals surface area contributed by atoms with Crippen LogP contribution in [0.15, 0.2) is 0 Å². The van der Waals surface area contributed by atoms with Gasteiger partial charge in [-0.25, -0.2) is 0 Å². The zero-order valence-corrected chi connectivity index (χ0v) is 12.2. The molecular weight excluding hydrogens is 489 g/mol. The second-order valence-corrected chi connectivity index (χ2v) is 17.0. The Kier molecular flexibility index (Phi) is 10.7. The van der Waals surface area contributed by atoms with E-state index in [-0.39, 0.29) is 59.5 Å². The Morgan fingerprint density at radius 1 is 0.857 bits per heavy atom. The summed E-state index contributed by atoms with van der Waals surface area (Å²) in [5.41, 5.74) is 0. The second-order valence-electron chi connectivity index (χ2n) is 0.540. The summed E-state index contributed by atoms with van der Waals surface area (Å²) in [6, 6.07) is 0. The van der Waals surface area contributed by atoms with Crippen LogP contribution in [0.1, 0.15) is 0 Å². The monoisotopic (exact) mass is 493 g/mol. The minimum atomic E-state index is 0.181. The molecule has 6 heteroatoms. The second kappa shape index (κ2) is 7.35. The molecule has 0 aliphatic heterocycles. The summed E-state index contributed by atoms with van der Waals surface area (Å²) in [6.07, 6.45) is 0. The third-order valence-corrected chi connectivity index (χ3v) is 29.9. The molecule has 50 valence electrons. The molecule has 0 aliphatic rings. The van der Waals surface area contributed by atoms with Crippen molar-refractivity contribution in [2.24, 2.45) is 0 Å². The molecule has 0 aromatic carbocycles. The van der Waals surface area contributed by atoms with Gasteiger partial charge in [-0.15, -0.1) is 0 Å². The first-order valence-corrected chi connectivity index (χ1v) is 14.6. The van der Waals surface area contributed by atoms with Crippen LogP contribution in [0.5, 0.6) is 0 Å². The fourth-order valence-electron chi connectivity index (χ4n) is 0.0495. The molecule has 0 nitrogen and oxygen atoms in total. The molecule has 0 aliphatic carbocycles. The summed E-state index contributed by atoms with van der Waals surface area (Å²) in [5.74, 6) is 0.